The molecule has 1 amide bonds. The summed E-state index contributed by atoms with van der Waals surface area (Å²) in [6, 6.07) is 11.7. The van der Waals surface area contributed by atoms with Crippen LogP contribution in [0.25, 0.3) is 0 Å². The van der Waals surface area contributed by atoms with Crippen LogP contribution in [-0.2, 0) is 21.2 Å². The third kappa shape index (κ3) is 3.17. The number of ketones is 1. The van der Waals surface area contributed by atoms with E-state index in [1.807, 2.05) is 26.8 Å². The monoisotopic (exact) mass is 492 g/mol. The lowest BCUT2D eigenvalue weighted by Crippen LogP contribution is -2.52. The molecule has 2 aromatic rings. The number of benzene rings is 2. The molecule has 36 heavy (non-hydrogen) atoms. The van der Waals surface area contributed by atoms with Gasteiger partial charge in [0.2, 0.25) is 5.91 Å². The van der Waals surface area contributed by atoms with Gasteiger partial charge in [-0.15, -0.1) is 0 Å². The topological polar surface area (TPSA) is 99.2 Å². The average Bonchev–Trinajstić information content (AvgIpc) is 3.04. The van der Waals surface area contributed by atoms with Crippen molar-refractivity contribution >= 4 is 23.1 Å². The molecule has 0 aromatic heterocycles. The second kappa shape index (κ2) is 7.47. The highest BCUT2D eigenvalue weighted by molar-refractivity contribution is 6.20. The predicted octanol–water partition coefficient (Wildman–Crippen LogP) is 5.06. The van der Waals surface area contributed by atoms with Gasteiger partial charge < -0.3 is 11.1 Å². The Morgan fingerprint density at radius 1 is 1.08 bits per heavy atom. The molecule has 3 aliphatic rings. The van der Waals surface area contributed by atoms with Gasteiger partial charge in [-0.05, 0) is 49.1 Å². The van der Waals surface area contributed by atoms with Gasteiger partial charge in [-0.2, -0.15) is 18.4 Å². The predicted molar refractivity (Wildman–Crippen MR) is 127 cm³/mol. The van der Waals surface area contributed by atoms with Crippen LogP contribution in [0.5, 0.6) is 0 Å². The van der Waals surface area contributed by atoms with Crippen LogP contribution in [0.15, 0.2) is 65.1 Å². The van der Waals surface area contributed by atoms with E-state index < -0.39 is 28.5 Å². The number of rotatable bonds is 1. The van der Waals surface area contributed by atoms with Crippen molar-refractivity contribution in [3.8, 4) is 6.07 Å². The molecule has 1 aliphatic carbocycles. The Bertz CT molecular complexity index is 1440. The second-order valence-electron chi connectivity index (χ2n) is 10.3. The molecule has 0 unspecified atom stereocenters. The van der Waals surface area contributed by atoms with E-state index >= 15 is 0 Å². The standard InChI is InChI=1S/C27H23F3N4O2/c1-14-4-9-19-17(10-14)26(24(36)33-19)18(13-31)23(32)34(16-7-5-15(6-8-16)27(28,29)30)20-11-25(2,3)12-21(35)22(20)26/h4-10H,11-12,32H2,1-3H3,(H,33,36)/t26-/m0/s1. The van der Waals surface area contributed by atoms with Gasteiger partial charge in [-0.25, -0.2) is 0 Å². The number of nitrogens with two attached hydrogens (primary N) is 1. The molecule has 0 fully saturated rings. The average molecular weight is 493 g/mol. The number of fused-ring (bicyclic) bond motifs is 3. The van der Waals surface area contributed by atoms with E-state index in [0.29, 0.717) is 23.4 Å². The number of nitrogens with zero attached hydrogens (tertiary/aromatic N) is 2. The van der Waals surface area contributed by atoms with Crippen LogP contribution >= 0.6 is 0 Å². The quantitative estimate of drug-likeness (QED) is 0.580. The van der Waals surface area contributed by atoms with Gasteiger partial charge in [-0.1, -0.05) is 31.5 Å². The van der Waals surface area contributed by atoms with Crippen LogP contribution in [0.1, 0.15) is 43.4 Å². The number of hydrogen-bond acceptors (Lipinski definition) is 5. The summed E-state index contributed by atoms with van der Waals surface area (Å²) in [6.45, 7) is 5.64. The van der Waals surface area contributed by atoms with Crippen molar-refractivity contribution in [1.82, 2.24) is 0 Å². The fourth-order valence-electron chi connectivity index (χ4n) is 5.63. The van der Waals surface area contributed by atoms with Crippen molar-refractivity contribution in [3.63, 3.8) is 0 Å². The number of aryl methyl sites for hydroxylation is 1. The van der Waals surface area contributed by atoms with Gasteiger partial charge >= 0.3 is 6.18 Å². The smallest absolute Gasteiger partial charge is 0.384 e. The number of alkyl halides is 3. The maximum atomic E-state index is 13.8. The minimum absolute atomic E-state index is 0.0917. The molecule has 2 aromatic carbocycles. The third-order valence-electron chi connectivity index (χ3n) is 7.10. The van der Waals surface area contributed by atoms with Gasteiger partial charge in [0.15, 0.2) is 5.78 Å². The molecule has 0 bridgehead atoms. The number of anilines is 2. The van der Waals surface area contributed by atoms with E-state index in [0.717, 1.165) is 17.7 Å². The summed E-state index contributed by atoms with van der Waals surface area (Å²) in [5, 5.41) is 13.1. The largest absolute Gasteiger partial charge is 0.416 e. The van der Waals surface area contributed by atoms with E-state index in [2.05, 4.69) is 11.4 Å². The number of allylic oxidation sites excluding steroid dienone is 1. The molecular weight excluding hydrogens is 469 g/mol. The van der Waals surface area contributed by atoms with Crippen LogP contribution in [-0.4, -0.2) is 11.7 Å². The maximum absolute atomic E-state index is 13.8. The van der Waals surface area contributed by atoms with Gasteiger partial charge in [0, 0.05) is 34.6 Å². The van der Waals surface area contributed by atoms with E-state index in [1.54, 1.807) is 12.1 Å². The third-order valence-corrected chi connectivity index (χ3v) is 7.10. The van der Waals surface area contributed by atoms with E-state index in [4.69, 9.17) is 5.73 Å². The van der Waals surface area contributed by atoms with Crippen molar-refractivity contribution < 1.29 is 22.8 Å². The van der Waals surface area contributed by atoms with E-state index in [-0.39, 0.29) is 34.9 Å². The molecule has 3 N–H and O–H groups in total. The van der Waals surface area contributed by atoms with E-state index in [9.17, 15) is 28.0 Å². The summed E-state index contributed by atoms with van der Waals surface area (Å²) < 4.78 is 39.6. The Hall–Kier alpha value is -4.06. The van der Waals surface area contributed by atoms with Crippen LogP contribution < -0.4 is 16.0 Å². The highest BCUT2D eigenvalue weighted by Gasteiger charge is 2.61. The van der Waals surface area contributed by atoms with Gasteiger partial charge in [0.05, 0.1) is 11.1 Å². The Morgan fingerprint density at radius 2 is 1.75 bits per heavy atom. The normalized spacial score (nSPS) is 23.0. The Balaban J connectivity index is 1.84. The Kier molecular flexibility index (Phi) is 4.91. The lowest BCUT2D eigenvalue weighted by molar-refractivity contribution is -0.137. The number of carbonyl (C=O) groups is 2. The van der Waals surface area contributed by atoms with Crippen molar-refractivity contribution in [2.75, 3.05) is 10.2 Å². The number of carbonyl (C=O) groups excluding carboxylic acids is 2. The van der Waals surface area contributed by atoms with Crippen molar-refractivity contribution in [1.29, 1.82) is 5.26 Å². The molecule has 0 saturated carbocycles. The van der Waals surface area contributed by atoms with Crippen LogP contribution in [0.3, 0.4) is 0 Å². The second-order valence-corrected chi connectivity index (χ2v) is 10.3. The van der Waals surface area contributed by atoms with Crippen LogP contribution in [0, 0.1) is 23.7 Å². The fourth-order valence-corrected chi connectivity index (χ4v) is 5.63. The van der Waals surface area contributed by atoms with Crippen molar-refractivity contribution in [2.45, 2.75) is 45.2 Å². The number of halogens is 3. The number of hydrogen-bond donors (Lipinski definition) is 2. The zero-order valence-corrected chi connectivity index (χ0v) is 19.9. The summed E-state index contributed by atoms with van der Waals surface area (Å²) in [6.07, 6.45) is -4.06. The first-order valence-electron chi connectivity index (χ1n) is 11.4. The molecule has 184 valence electrons. The first kappa shape index (κ1) is 23.7. The molecule has 0 radical (unpaired) electrons. The molecule has 6 nitrogen and oxygen atoms in total. The lowest BCUT2D eigenvalue weighted by atomic mass is 9.60. The molecule has 2 heterocycles. The Morgan fingerprint density at radius 3 is 2.36 bits per heavy atom. The summed E-state index contributed by atoms with van der Waals surface area (Å²) in [5.41, 5.74) is 5.99. The lowest BCUT2D eigenvalue weighted by Gasteiger charge is -2.46. The van der Waals surface area contributed by atoms with Crippen LogP contribution in [0.4, 0.5) is 24.5 Å². The fraction of sp³-hybridized carbons (Fsp3) is 0.296. The number of Topliss-reactive ketones (excluding diaryl/α,β-unsaturated/α-hetero) is 1. The van der Waals surface area contributed by atoms with Crippen molar-refractivity contribution in [2.24, 2.45) is 11.1 Å². The van der Waals surface area contributed by atoms with Crippen molar-refractivity contribution in [3.05, 3.63) is 81.8 Å². The zero-order valence-electron chi connectivity index (χ0n) is 19.9. The summed E-state index contributed by atoms with van der Waals surface area (Å²) in [7, 11) is 0. The molecule has 5 rings (SSSR count). The highest BCUT2D eigenvalue weighted by atomic mass is 19.4. The molecule has 0 saturated heterocycles. The van der Waals surface area contributed by atoms with Gasteiger partial charge in [0.1, 0.15) is 17.3 Å². The number of nitrogens with one attached hydrogen (secondary N) is 1. The number of amides is 1. The molecule has 9 heteroatoms. The van der Waals surface area contributed by atoms with Gasteiger partial charge in [-0.3, -0.25) is 14.5 Å². The zero-order chi connectivity index (χ0) is 26.2. The minimum atomic E-state index is -4.53. The SMILES string of the molecule is Cc1ccc2c(c1)[C@]1(C(=O)N2)C(C#N)=C(N)N(c2ccc(C(F)(F)F)cc2)C2=C1C(=O)CC(C)(C)C2. The molecule has 2 aliphatic heterocycles. The Labute approximate surface area is 205 Å². The molecular formula is C27H23F3N4O2. The number of nitriles is 1. The summed E-state index contributed by atoms with van der Waals surface area (Å²) >= 11 is 0. The first-order chi connectivity index (χ1) is 16.8. The van der Waals surface area contributed by atoms with Crippen LogP contribution in [0.2, 0.25) is 0 Å². The molecule has 1 atom stereocenters. The maximum Gasteiger partial charge on any atom is 0.416 e. The van der Waals surface area contributed by atoms with Gasteiger partial charge in [0.25, 0.3) is 0 Å². The highest BCUT2D eigenvalue weighted by Crippen LogP contribution is 2.57. The summed E-state index contributed by atoms with van der Waals surface area (Å²) in [5.74, 6) is -0.941. The first-order valence-corrected chi connectivity index (χ1v) is 11.4. The van der Waals surface area contributed by atoms with E-state index in [1.165, 1.54) is 17.0 Å². The minimum Gasteiger partial charge on any atom is -0.384 e. The summed E-state index contributed by atoms with van der Waals surface area (Å²) in [4.78, 5) is 29.0. The molecule has 1 spiro atoms.